The molecule has 0 saturated heterocycles. The molecule has 2 aliphatic rings. The Morgan fingerprint density at radius 2 is 1.76 bits per heavy atom. The van der Waals surface area contributed by atoms with E-state index in [-0.39, 0.29) is 17.2 Å². The Morgan fingerprint density at radius 1 is 1.09 bits per heavy atom. The standard InChI is InChI=1S/C24H23Cl2N3O5/c1-22(2)23(3)7-8-24(22,21(31)27-17-11-15(25)10-16(26)12-17)13-19(23)28-34-20(30)14-5-4-6-18(9-14)29(32)33/h4-6,9-12H,7-8,13H2,1-3H3,(H,27,31). The molecule has 0 radical (unpaired) electrons. The van der Waals surface area contributed by atoms with Gasteiger partial charge in [-0.1, -0.05) is 55.2 Å². The number of nitro benzene ring substituents is 1. The van der Waals surface area contributed by atoms with Crippen LogP contribution in [0.15, 0.2) is 47.6 Å². The smallest absolute Gasteiger partial charge is 0.325 e. The molecule has 10 heteroatoms. The van der Waals surface area contributed by atoms with E-state index in [0.717, 1.165) is 6.07 Å². The molecule has 0 aromatic heterocycles. The highest BCUT2D eigenvalue weighted by molar-refractivity contribution is 6.35. The number of carbonyl (C=O) groups is 2. The molecule has 2 aliphatic carbocycles. The first-order chi connectivity index (χ1) is 15.9. The molecule has 178 valence electrons. The number of nitrogens with one attached hydrogen (secondary N) is 1. The van der Waals surface area contributed by atoms with Gasteiger partial charge in [0.05, 0.1) is 21.6 Å². The second-order valence-corrected chi connectivity index (χ2v) is 10.4. The van der Waals surface area contributed by atoms with Crippen LogP contribution < -0.4 is 5.32 Å². The molecule has 0 spiro atoms. The summed E-state index contributed by atoms with van der Waals surface area (Å²) in [5, 5.41) is 18.9. The quantitative estimate of drug-likeness (QED) is 0.293. The van der Waals surface area contributed by atoms with Crippen molar-refractivity contribution in [2.24, 2.45) is 21.4 Å². The van der Waals surface area contributed by atoms with Gasteiger partial charge in [0, 0.05) is 39.7 Å². The van der Waals surface area contributed by atoms with Gasteiger partial charge in [0.2, 0.25) is 5.91 Å². The van der Waals surface area contributed by atoms with Gasteiger partial charge in [0.25, 0.3) is 5.69 Å². The van der Waals surface area contributed by atoms with Crippen molar-refractivity contribution in [1.82, 2.24) is 0 Å². The number of amides is 1. The van der Waals surface area contributed by atoms with Gasteiger partial charge in [-0.3, -0.25) is 14.9 Å². The molecule has 8 nitrogen and oxygen atoms in total. The number of non-ortho nitro benzene ring substituents is 1. The van der Waals surface area contributed by atoms with E-state index in [2.05, 4.69) is 10.5 Å². The fraction of sp³-hybridized carbons (Fsp3) is 0.375. The molecule has 2 fully saturated rings. The third kappa shape index (κ3) is 3.75. The molecule has 0 aliphatic heterocycles. The molecular weight excluding hydrogens is 481 g/mol. The molecule has 4 rings (SSSR count). The molecule has 1 N–H and O–H groups in total. The van der Waals surface area contributed by atoms with Crippen LogP contribution in [-0.4, -0.2) is 22.5 Å². The summed E-state index contributed by atoms with van der Waals surface area (Å²) < 4.78 is 0. The van der Waals surface area contributed by atoms with Gasteiger partial charge < -0.3 is 10.2 Å². The largest absolute Gasteiger partial charge is 0.365 e. The van der Waals surface area contributed by atoms with Gasteiger partial charge in [-0.25, -0.2) is 4.79 Å². The summed E-state index contributed by atoms with van der Waals surface area (Å²) in [6.45, 7) is 6.07. The van der Waals surface area contributed by atoms with Gasteiger partial charge >= 0.3 is 5.97 Å². The lowest BCUT2D eigenvalue weighted by molar-refractivity contribution is -0.384. The molecule has 2 aromatic rings. The first-order valence-corrected chi connectivity index (χ1v) is 11.5. The molecule has 2 bridgehead atoms. The Hall–Kier alpha value is -2.97. The van der Waals surface area contributed by atoms with Crippen LogP contribution >= 0.6 is 23.2 Å². The summed E-state index contributed by atoms with van der Waals surface area (Å²) in [5.41, 5.74) is -0.802. The first-order valence-electron chi connectivity index (χ1n) is 10.7. The summed E-state index contributed by atoms with van der Waals surface area (Å²) in [7, 11) is 0. The second-order valence-electron chi connectivity index (χ2n) is 9.55. The van der Waals surface area contributed by atoms with E-state index in [0.29, 0.717) is 40.7 Å². The fourth-order valence-electron chi connectivity index (χ4n) is 5.29. The number of carbonyl (C=O) groups excluding carboxylic acids is 2. The van der Waals surface area contributed by atoms with Crippen LogP contribution in [0.1, 0.15) is 50.4 Å². The zero-order valence-electron chi connectivity index (χ0n) is 18.9. The molecule has 2 aromatic carbocycles. The highest BCUT2D eigenvalue weighted by Crippen LogP contribution is 2.71. The number of anilines is 1. The maximum atomic E-state index is 13.6. The number of benzene rings is 2. The highest BCUT2D eigenvalue weighted by Gasteiger charge is 2.71. The molecule has 34 heavy (non-hydrogen) atoms. The van der Waals surface area contributed by atoms with E-state index in [1.165, 1.54) is 18.2 Å². The highest BCUT2D eigenvalue weighted by atomic mass is 35.5. The Bertz CT molecular complexity index is 1220. The zero-order valence-corrected chi connectivity index (χ0v) is 20.4. The van der Waals surface area contributed by atoms with Gasteiger partial charge in [-0.2, -0.15) is 0 Å². The van der Waals surface area contributed by atoms with Crippen molar-refractivity contribution in [2.45, 2.75) is 40.0 Å². The molecular formula is C24H23Cl2N3O5. The third-order valence-corrected chi connectivity index (χ3v) is 8.26. The summed E-state index contributed by atoms with van der Waals surface area (Å²) in [5.74, 6) is -0.970. The Kier molecular flexibility index (Phi) is 5.94. The van der Waals surface area contributed by atoms with Gasteiger partial charge in [0.15, 0.2) is 0 Å². The SMILES string of the molecule is CC12CCC(C(=O)Nc3cc(Cl)cc(Cl)c3)(CC1=NOC(=O)c1cccc([N+](=O)[O-])c1)C2(C)C. The summed E-state index contributed by atoms with van der Waals surface area (Å²) in [6, 6.07) is 10.1. The second kappa shape index (κ2) is 8.36. The van der Waals surface area contributed by atoms with Crippen LogP contribution in [0.25, 0.3) is 0 Å². The molecule has 2 unspecified atom stereocenters. The van der Waals surface area contributed by atoms with Crippen LogP contribution in [0.2, 0.25) is 10.0 Å². The number of fused-ring (bicyclic) bond motifs is 2. The van der Waals surface area contributed by atoms with E-state index in [1.807, 2.05) is 20.8 Å². The minimum absolute atomic E-state index is 0.0245. The maximum Gasteiger partial charge on any atom is 0.365 e. The van der Waals surface area contributed by atoms with Crippen molar-refractivity contribution in [3.05, 3.63) is 68.2 Å². The van der Waals surface area contributed by atoms with E-state index in [4.69, 9.17) is 28.0 Å². The van der Waals surface area contributed by atoms with E-state index < -0.39 is 27.1 Å². The van der Waals surface area contributed by atoms with Crippen molar-refractivity contribution in [3.8, 4) is 0 Å². The third-order valence-electron chi connectivity index (χ3n) is 7.82. The predicted molar refractivity (Wildman–Crippen MR) is 129 cm³/mol. The van der Waals surface area contributed by atoms with E-state index >= 15 is 0 Å². The monoisotopic (exact) mass is 503 g/mol. The predicted octanol–water partition coefficient (Wildman–Crippen LogP) is 6.27. The van der Waals surface area contributed by atoms with Crippen LogP contribution in [0.4, 0.5) is 11.4 Å². The van der Waals surface area contributed by atoms with Crippen molar-refractivity contribution in [1.29, 1.82) is 0 Å². The summed E-state index contributed by atoms with van der Waals surface area (Å²) >= 11 is 12.2. The summed E-state index contributed by atoms with van der Waals surface area (Å²) in [6.07, 6.45) is 1.66. The van der Waals surface area contributed by atoms with Crippen LogP contribution in [0, 0.1) is 26.4 Å². The van der Waals surface area contributed by atoms with E-state index in [9.17, 15) is 19.7 Å². The molecule has 1 amide bonds. The lowest BCUT2D eigenvalue weighted by atomic mass is 9.64. The fourth-order valence-corrected chi connectivity index (χ4v) is 5.82. The number of nitro groups is 1. The Morgan fingerprint density at radius 3 is 2.41 bits per heavy atom. The number of oxime groups is 1. The van der Waals surface area contributed by atoms with Gasteiger partial charge in [0.1, 0.15) is 0 Å². The summed E-state index contributed by atoms with van der Waals surface area (Å²) in [4.78, 5) is 41.7. The van der Waals surface area contributed by atoms with Crippen molar-refractivity contribution in [3.63, 3.8) is 0 Å². The maximum absolute atomic E-state index is 13.6. The molecule has 2 saturated carbocycles. The normalized spacial score (nSPS) is 25.9. The number of halogens is 2. The van der Waals surface area contributed by atoms with Gasteiger partial charge in [-0.05, 0) is 42.5 Å². The van der Waals surface area contributed by atoms with Crippen LogP contribution in [0.5, 0.6) is 0 Å². The number of nitrogens with zero attached hydrogens (tertiary/aromatic N) is 2. The van der Waals surface area contributed by atoms with Gasteiger partial charge in [-0.15, -0.1) is 0 Å². The zero-order chi connectivity index (χ0) is 24.9. The molecule has 2 atom stereocenters. The number of rotatable bonds is 5. The van der Waals surface area contributed by atoms with Crippen LogP contribution in [0.3, 0.4) is 0 Å². The van der Waals surface area contributed by atoms with Crippen molar-refractivity contribution in [2.75, 3.05) is 5.32 Å². The Labute approximate surface area is 206 Å². The number of hydrogen-bond donors (Lipinski definition) is 1. The minimum atomic E-state index is -0.799. The lowest BCUT2D eigenvalue weighted by Gasteiger charge is -2.39. The van der Waals surface area contributed by atoms with E-state index in [1.54, 1.807) is 18.2 Å². The minimum Gasteiger partial charge on any atom is -0.325 e. The van der Waals surface area contributed by atoms with Crippen LogP contribution in [-0.2, 0) is 9.63 Å². The van der Waals surface area contributed by atoms with Crippen molar-refractivity contribution < 1.29 is 19.3 Å². The lowest BCUT2D eigenvalue weighted by Crippen LogP contribution is -2.43. The Balaban J connectivity index is 1.59. The number of hydrogen-bond acceptors (Lipinski definition) is 6. The van der Waals surface area contributed by atoms with Crippen molar-refractivity contribution >= 4 is 52.2 Å². The topological polar surface area (TPSA) is 111 Å². The average molecular weight is 504 g/mol. The average Bonchev–Trinajstić information content (AvgIpc) is 3.07. The molecule has 0 heterocycles. The first kappa shape index (κ1) is 24.2.